The van der Waals surface area contributed by atoms with Gasteiger partial charge in [-0.05, 0) is 37.8 Å². The first kappa shape index (κ1) is 19.7. The standard InChI is InChI=1S/C21H32N4O2/c1-2-24-13-11-19(16-24)23-21(27)25-14-9-18(10-15-25)20(26)22-12-8-17-6-4-3-5-7-17/h3-7,18-19H,2,8-16H2,1H3,(H,22,26)(H,23,27)/t19-/m1/s1. The van der Waals surface area contributed by atoms with Gasteiger partial charge in [0.15, 0.2) is 0 Å². The molecule has 0 saturated carbocycles. The second-order valence-corrected chi connectivity index (χ2v) is 7.62. The Morgan fingerprint density at radius 3 is 2.48 bits per heavy atom. The van der Waals surface area contributed by atoms with E-state index in [1.54, 1.807) is 0 Å². The molecule has 3 rings (SSSR count). The largest absolute Gasteiger partial charge is 0.356 e. The van der Waals surface area contributed by atoms with Crippen molar-refractivity contribution in [1.29, 1.82) is 0 Å². The van der Waals surface area contributed by atoms with Gasteiger partial charge in [0.2, 0.25) is 5.91 Å². The van der Waals surface area contributed by atoms with Gasteiger partial charge in [0.1, 0.15) is 0 Å². The van der Waals surface area contributed by atoms with Crippen molar-refractivity contribution in [3.63, 3.8) is 0 Å². The number of nitrogens with one attached hydrogen (secondary N) is 2. The minimum absolute atomic E-state index is 0.0203. The van der Waals surface area contributed by atoms with Crippen LogP contribution in [0.5, 0.6) is 0 Å². The van der Waals surface area contributed by atoms with Gasteiger partial charge >= 0.3 is 6.03 Å². The molecule has 1 aromatic carbocycles. The molecular weight excluding hydrogens is 340 g/mol. The smallest absolute Gasteiger partial charge is 0.317 e. The van der Waals surface area contributed by atoms with E-state index in [1.165, 1.54) is 5.56 Å². The highest BCUT2D eigenvalue weighted by Crippen LogP contribution is 2.18. The zero-order valence-corrected chi connectivity index (χ0v) is 16.3. The first-order valence-corrected chi connectivity index (χ1v) is 10.2. The lowest BCUT2D eigenvalue weighted by molar-refractivity contribution is -0.126. The van der Waals surface area contributed by atoms with Crippen molar-refractivity contribution in [2.75, 3.05) is 39.3 Å². The third kappa shape index (κ3) is 5.70. The van der Waals surface area contributed by atoms with Crippen molar-refractivity contribution >= 4 is 11.9 Å². The molecule has 0 bridgehead atoms. The topological polar surface area (TPSA) is 64.7 Å². The molecule has 27 heavy (non-hydrogen) atoms. The Morgan fingerprint density at radius 1 is 1.07 bits per heavy atom. The number of urea groups is 1. The Balaban J connectivity index is 1.34. The van der Waals surface area contributed by atoms with Gasteiger partial charge in [-0.3, -0.25) is 4.79 Å². The summed E-state index contributed by atoms with van der Waals surface area (Å²) in [6.07, 6.45) is 3.37. The van der Waals surface area contributed by atoms with Crippen LogP contribution in [0, 0.1) is 5.92 Å². The third-order valence-corrected chi connectivity index (χ3v) is 5.76. The maximum Gasteiger partial charge on any atom is 0.317 e. The second kappa shape index (κ2) is 9.74. The first-order chi connectivity index (χ1) is 13.2. The van der Waals surface area contributed by atoms with Crippen LogP contribution in [-0.4, -0.2) is 67.0 Å². The van der Waals surface area contributed by atoms with Crippen molar-refractivity contribution in [1.82, 2.24) is 20.4 Å². The number of rotatable bonds is 6. The van der Waals surface area contributed by atoms with E-state index >= 15 is 0 Å². The average Bonchev–Trinajstić information content (AvgIpc) is 3.16. The van der Waals surface area contributed by atoms with Gasteiger partial charge in [-0.25, -0.2) is 4.79 Å². The van der Waals surface area contributed by atoms with Crippen molar-refractivity contribution in [3.8, 4) is 0 Å². The number of carbonyl (C=O) groups is 2. The van der Waals surface area contributed by atoms with Gasteiger partial charge in [0.25, 0.3) is 0 Å². The molecule has 3 amide bonds. The number of hydrogen-bond donors (Lipinski definition) is 2. The van der Waals surface area contributed by atoms with Crippen molar-refractivity contribution in [2.24, 2.45) is 5.92 Å². The molecule has 1 atom stereocenters. The van der Waals surface area contributed by atoms with Gasteiger partial charge in [0.05, 0.1) is 0 Å². The van der Waals surface area contributed by atoms with E-state index in [1.807, 2.05) is 23.1 Å². The van der Waals surface area contributed by atoms with E-state index in [2.05, 4.69) is 34.6 Å². The summed E-state index contributed by atoms with van der Waals surface area (Å²) >= 11 is 0. The molecule has 0 spiro atoms. The maximum absolute atomic E-state index is 12.5. The number of amides is 3. The predicted octanol–water partition coefficient (Wildman–Crippen LogP) is 1.86. The Kier molecular flexibility index (Phi) is 7.10. The van der Waals surface area contributed by atoms with E-state index in [0.717, 1.165) is 45.3 Å². The van der Waals surface area contributed by atoms with Gasteiger partial charge < -0.3 is 20.4 Å². The predicted molar refractivity (Wildman–Crippen MR) is 107 cm³/mol. The highest BCUT2D eigenvalue weighted by Gasteiger charge is 2.29. The quantitative estimate of drug-likeness (QED) is 0.801. The molecule has 2 heterocycles. The zero-order chi connectivity index (χ0) is 19.1. The van der Waals surface area contributed by atoms with Gasteiger partial charge in [-0.2, -0.15) is 0 Å². The number of hydrogen-bond acceptors (Lipinski definition) is 3. The normalized spacial score (nSPS) is 21.2. The summed E-state index contributed by atoms with van der Waals surface area (Å²) in [6.45, 7) is 7.19. The Morgan fingerprint density at radius 2 is 1.81 bits per heavy atom. The number of nitrogens with zero attached hydrogens (tertiary/aromatic N) is 2. The fourth-order valence-electron chi connectivity index (χ4n) is 3.97. The minimum atomic E-state index is 0.0203. The van der Waals surface area contributed by atoms with Crippen LogP contribution in [0.25, 0.3) is 0 Å². The molecule has 0 unspecified atom stereocenters. The van der Waals surface area contributed by atoms with Gasteiger partial charge in [0, 0.05) is 44.7 Å². The lowest BCUT2D eigenvalue weighted by atomic mass is 9.96. The SMILES string of the molecule is CCN1CC[C@@H](NC(=O)N2CCC(C(=O)NCCc3ccccc3)CC2)C1. The van der Waals surface area contributed by atoms with E-state index in [4.69, 9.17) is 0 Å². The van der Waals surface area contributed by atoms with E-state index in [9.17, 15) is 9.59 Å². The molecule has 2 aliphatic rings. The highest BCUT2D eigenvalue weighted by molar-refractivity contribution is 5.79. The molecule has 6 nitrogen and oxygen atoms in total. The summed E-state index contributed by atoms with van der Waals surface area (Å²) in [5, 5.41) is 6.21. The Hall–Kier alpha value is -2.08. The molecule has 148 valence electrons. The molecular formula is C21H32N4O2. The third-order valence-electron chi connectivity index (χ3n) is 5.76. The van der Waals surface area contributed by atoms with E-state index in [0.29, 0.717) is 19.6 Å². The summed E-state index contributed by atoms with van der Waals surface area (Å²) < 4.78 is 0. The molecule has 0 aromatic heterocycles. The number of benzene rings is 1. The summed E-state index contributed by atoms with van der Waals surface area (Å²) in [5.41, 5.74) is 1.23. The van der Waals surface area contributed by atoms with Crippen LogP contribution in [0.2, 0.25) is 0 Å². The molecule has 2 aliphatic heterocycles. The summed E-state index contributed by atoms with van der Waals surface area (Å²) in [4.78, 5) is 29.0. The van der Waals surface area contributed by atoms with Crippen molar-refractivity contribution in [2.45, 2.75) is 38.6 Å². The lowest BCUT2D eigenvalue weighted by Gasteiger charge is -2.32. The van der Waals surface area contributed by atoms with Crippen molar-refractivity contribution in [3.05, 3.63) is 35.9 Å². The Labute approximate surface area is 162 Å². The zero-order valence-electron chi connectivity index (χ0n) is 16.3. The number of likely N-dealkylation sites (tertiary alicyclic amines) is 2. The van der Waals surface area contributed by atoms with Gasteiger partial charge in [-0.15, -0.1) is 0 Å². The number of piperidine rings is 1. The van der Waals surface area contributed by atoms with E-state index < -0.39 is 0 Å². The first-order valence-electron chi connectivity index (χ1n) is 10.2. The van der Waals surface area contributed by atoms with Crippen LogP contribution in [0.1, 0.15) is 31.7 Å². The second-order valence-electron chi connectivity index (χ2n) is 7.62. The van der Waals surface area contributed by atoms with Gasteiger partial charge in [-0.1, -0.05) is 37.3 Å². The monoisotopic (exact) mass is 372 g/mol. The fourth-order valence-corrected chi connectivity index (χ4v) is 3.97. The summed E-state index contributed by atoms with van der Waals surface area (Å²) in [7, 11) is 0. The van der Waals surface area contributed by atoms with Crippen LogP contribution >= 0.6 is 0 Å². The molecule has 0 aliphatic carbocycles. The highest BCUT2D eigenvalue weighted by atomic mass is 16.2. The molecule has 0 radical (unpaired) electrons. The molecule has 2 fully saturated rings. The van der Waals surface area contributed by atoms with Crippen LogP contribution in [0.3, 0.4) is 0 Å². The van der Waals surface area contributed by atoms with Crippen molar-refractivity contribution < 1.29 is 9.59 Å². The van der Waals surface area contributed by atoms with Crippen LogP contribution < -0.4 is 10.6 Å². The summed E-state index contributed by atoms with van der Waals surface area (Å²) in [5.74, 6) is 0.146. The Bertz CT molecular complexity index is 614. The fraction of sp³-hybridized carbons (Fsp3) is 0.619. The minimum Gasteiger partial charge on any atom is -0.356 e. The maximum atomic E-state index is 12.5. The molecule has 2 saturated heterocycles. The summed E-state index contributed by atoms with van der Waals surface area (Å²) in [6, 6.07) is 10.5. The number of likely N-dealkylation sites (N-methyl/N-ethyl adjacent to an activating group) is 1. The molecule has 1 aromatic rings. The average molecular weight is 373 g/mol. The molecule has 6 heteroatoms. The van der Waals surface area contributed by atoms with Crippen LogP contribution in [-0.2, 0) is 11.2 Å². The number of carbonyl (C=O) groups excluding carboxylic acids is 2. The van der Waals surface area contributed by atoms with E-state index in [-0.39, 0.29) is 23.9 Å². The van der Waals surface area contributed by atoms with Crippen LogP contribution in [0.15, 0.2) is 30.3 Å². The van der Waals surface area contributed by atoms with Crippen LogP contribution in [0.4, 0.5) is 4.79 Å². The molecule has 2 N–H and O–H groups in total. The lowest BCUT2D eigenvalue weighted by Crippen LogP contribution is -2.50.